The summed E-state index contributed by atoms with van der Waals surface area (Å²) in [5.41, 5.74) is 6.69. The molecule has 0 radical (unpaired) electrons. The maximum Gasteiger partial charge on any atom is 0.145 e. The fraction of sp³-hybridized carbons (Fsp3) is 0.556. The number of aromatic nitrogens is 2. The lowest BCUT2D eigenvalue weighted by Gasteiger charge is -2.22. The van der Waals surface area contributed by atoms with E-state index in [1.807, 2.05) is 0 Å². The lowest BCUT2D eigenvalue weighted by molar-refractivity contribution is 0.0845. The molecule has 1 saturated heterocycles. The number of hydrogen-bond donors (Lipinski definition) is 1. The van der Waals surface area contributed by atoms with E-state index in [0.29, 0.717) is 11.7 Å². The van der Waals surface area contributed by atoms with Crippen LogP contribution in [0.2, 0.25) is 0 Å². The molecule has 14 heavy (non-hydrogen) atoms. The maximum atomic E-state index is 5.79. The summed E-state index contributed by atoms with van der Waals surface area (Å²) in [5.74, 6) is 0.939. The first-order valence-corrected chi connectivity index (χ1v) is 5.42. The zero-order valence-corrected chi connectivity index (χ0v) is 9.33. The number of rotatable bonds is 1. The Kier molecular flexibility index (Phi) is 2.98. The van der Waals surface area contributed by atoms with E-state index in [9.17, 15) is 0 Å². The summed E-state index contributed by atoms with van der Waals surface area (Å²) < 4.78 is 6.03. The van der Waals surface area contributed by atoms with Crippen LogP contribution in [-0.2, 0) is 4.74 Å². The van der Waals surface area contributed by atoms with Crippen LogP contribution >= 0.6 is 15.9 Å². The Morgan fingerprint density at radius 1 is 1.43 bits per heavy atom. The highest BCUT2D eigenvalue weighted by molar-refractivity contribution is 9.10. The highest BCUT2D eigenvalue weighted by atomic mass is 79.9. The third-order valence-corrected chi connectivity index (χ3v) is 2.79. The second-order valence-corrected chi connectivity index (χ2v) is 4.16. The third kappa shape index (κ3) is 2.04. The minimum atomic E-state index is 0.397. The Bertz CT molecular complexity index is 326. The van der Waals surface area contributed by atoms with Gasteiger partial charge in [0.1, 0.15) is 10.4 Å². The van der Waals surface area contributed by atoms with Crippen LogP contribution in [0.5, 0.6) is 0 Å². The molecule has 0 aromatic carbocycles. The molecule has 1 fully saturated rings. The van der Waals surface area contributed by atoms with Crippen molar-refractivity contribution in [2.24, 2.45) is 0 Å². The summed E-state index contributed by atoms with van der Waals surface area (Å²) in [7, 11) is 0. The average Bonchev–Trinajstić information content (AvgIpc) is 2.23. The van der Waals surface area contributed by atoms with Crippen molar-refractivity contribution in [3.63, 3.8) is 0 Å². The topological polar surface area (TPSA) is 61.0 Å². The van der Waals surface area contributed by atoms with E-state index in [1.54, 1.807) is 6.20 Å². The molecule has 1 aliphatic rings. The van der Waals surface area contributed by atoms with Gasteiger partial charge in [-0.05, 0) is 28.8 Å². The van der Waals surface area contributed by atoms with Crippen LogP contribution in [0.4, 0.5) is 5.82 Å². The number of nitrogens with two attached hydrogens (primary N) is 1. The van der Waals surface area contributed by atoms with Gasteiger partial charge in [-0.25, -0.2) is 9.97 Å². The van der Waals surface area contributed by atoms with E-state index in [-0.39, 0.29) is 0 Å². The standard InChI is InChI=1S/C9H12BrN3O/c10-7-5-12-9(11)8(13-7)6-1-3-14-4-2-6/h5-6H,1-4H2,(H2,11,12). The van der Waals surface area contributed by atoms with Crippen molar-refractivity contribution in [1.82, 2.24) is 9.97 Å². The molecule has 0 amide bonds. The van der Waals surface area contributed by atoms with Crippen molar-refractivity contribution in [2.75, 3.05) is 18.9 Å². The van der Waals surface area contributed by atoms with Gasteiger partial charge in [0.15, 0.2) is 0 Å². The van der Waals surface area contributed by atoms with Crippen molar-refractivity contribution < 1.29 is 4.74 Å². The van der Waals surface area contributed by atoms with Gasteiger partial charge in [0.25, 0.3) is 0 Å². The van der Waals surface area contributed by atoms with E-state index in [4.69, 9.17) is 10.5 Å². The maximum absolute atomic E-state index is 5.79. The van der Waals surface area contributed by atoms with Crippen molar-refractivity contribution in [1.29, 1.82) is 0 Å². The van der Waals surface area contributed by atoms with Gasteiger partial charge >= 0.3 is 0 Å². The number of anilines is 1. The molecule has 0 unspecified atom stereocenters. The van der Waals surface area contributed by atoms with Gasteiger partial charge in [0.2, 0.25) is 0 Å². The molecule has 1 aliphatic heterocycles. The predicted molar refractivity (Wildman–Crippen MR) is 56.9 cm³/mol. The van der Waals surface area contributed by atoms with Crippen molar-refractivity contribution in [2.45, 2.75) is 18.8 Å². The van der Waals surface area contributed by atoms with Crippen molar-refractivity contribution in [3.05, 3.63) is 16.5 Å². The molecule has 4 nitrogen and oxygen atoms in total. The number of nitrogens with zero attached hydrogens (tertiary/aromatic N) is 2. The van der Waals surface area contributed by atoms with Gasteiger partial charge in [0, 0.05) is 19.1 Å². The average molecular weight is 258 g/mol. The number of halogens is 1. The van der Waals surface area contributed by atoms with Crippen LogP contribution in [0.15, 0.2) is 10.8 Å². The van der Waals surface area contributed by atoms with Gasteiger partial charge in [-0.15, -0.1) is 0 Å². The summed E-state index contributed by atoms with van der Waals surface area (Å²) in [6.07, 6.45) is 3.59. The zero-order chi connectivity index (χ0) is 9.97. The quantitative estimate of drug-likeness (QED) is 0.833. The molecule has 0 spiro atoms. The molecule has 2 rings (SSSR count). The molecule has 1 aromatic heterocycles. The molecule has 1 aromatic rings. The van der Waals surface area contributed by atoms with Crippen LogP contribution in [0.1, 0.15) is 24.5 Å². The SMILES string of the molecule is Nc1ncc(Br)nc1C1CCOCC1. The van der Waals surface area contributed by atoms with Crippen molar-refractivity contribution in [3.8, 4) is 0 Å². The Balaban J connectivity index is 2.24. The summed E-state index contributed by atoms with van der Waals surface area (Å²) in [6, 6.07) is 0. The van der Waals surface area contributed by atoms with Gasteiger partial charge in [-0.1, -0.05) is 0 Å². The highest BCUT2D eigenvalue weighted by Gasteiger charge is 2.20. The lowest BCUT2D eigenvalue weighted by atomic mass is 9.96. The minimum absolute atomic E-state index is 0.397. The summed E-state index contributed by atoms with van der Waals surface area (Å²) in [6.45, 7) is 1.58. The van der Waals surface area contributed by atoms with E-state index in [1.165, 1.54) is 0 Å². The van der Waals surface area contributed by atoms with Crippen LogP contribution in [0, 0.1) is 0 Å². The molecule has 0 bridgehead atoms. The molecular weight excluding hydrogens is 246 g/mol. The first kappa shape index (κ1) is 9.86. The largest absolute Gasteiger partial charge is 0.382 e. The summed E-state index contributed by atoms with van der Waals surface area (Å²) in [4.78, 5) is 8.45. The fourth-order valence-electron chi connectivity index (χ4n) is 1.66. The zero-order valence-electron chi connectivity index (χ0n) is 7.74. The monoisotopic (exact) mass is 257 g/mol. The van der Waals surface area contributed by atoms with Crippen molar-refractivity contribution >= 4 is 21.7 Å². The Hall–Kier alpha value is -0.680. The van der Waals surface area contributed by atoms with Gasteiger partial charge in [-0.2, -0.15) is 0 Å². The second kappa shape index (κ2) is 4.23. The number of ether oxygens (including phenoxy) is 1. The van der Waals surface area contributed by atoms with Gasteiger partial charge in [0.05, 0.1) is 11.9 Å². The molecule has 0 atom stereocenters. The second-order valence-electron chi connectivity index (χ2n) is 3.35. The van der Waals surface area contributed by atoms with Crippen LogP contribution in [0.25, 0.3) is 0 Å². The predicted octanol–water partition coefficient (Wildman–Crippen LogP) is 1.72. The Morgan fingerprint density at radius 2 is 2.14 bits per heavy atom. The summed E-state index contributed by atoms with van der Waals surface area (Å²) in [5, 5.41) is 0. The lowest BCUT2D eigenvalue weighted by Crippen LogP contribution is -2.17. The van der Waals surface area contributed by atoms with Crippen LogP contribution in [0.3, 0.4) is 0 Å². The molecule has 2 heterocycles. The molecule has 0 aliphatic carbocycles. The van der Waals surface area contributed by atoms with Gasteiger partial charge in [-0.3, -0.25) is 0 Å². The van der Waals surface area contributed by atoms with E-state index < -0.39 is 0 Å². The molecule has 5 heteroatoms. The summed E-state index contributed by atoms with van der Waals surface area (Å²) >= 11 is 3.30. The van der Waals surface area contributed by atoms with Gasteiger partial charge < -0.3 is 10.5 Å². The molecule has 2 N–H and O–H groups in total. The normalized spacial score (nSPS) is 18.4. The smallest absolute Gasteiger partial charge is 0.145 e. The Labute approximate surface area is 91.0 Å². The first-order chi connectivity index (χ1) is 6.77. The minimum Gasteiger partial charge on any atom is -0.382 e. The Morgan fingerprint density at radius 3 is 2.86 bits per heavy atom. The van der Waals surface area contributed by atoms with Crippen LogP contribution < -0.4 is 5.73 Å². The third-order valence-electron chi connectivity index (χ3n) is 2.41. The fourth-order valence-corrected chi connectivity index (χ4v) is 1.96. The van der Waals surface area contributed by atoms with E-state index >= 15 is 0 Å². The number of hydrogen-bond acceptors (Lipinski definition) is 4. The van der Waals surface area contributed by atoms with E-state index in [0.717, 1.165) is 36.4 Å². The highest BCUT2D eigenvalue weighted by Crippen LogP contribution is 2.28. The number of nitrogen functional groups attached to an aromatic ring is 1. The first-order valence-electron chi connectivity index (χ1n) is 4.63. The van der Waals surface area contributed by atoms with E-state index in [2.05, 4.69) is 25.9 Å². The molecule has 76 valence electrons. The molecule has 0 saturated carbocycles. The van der Waals surface area contributed by atoms with Crippen LogP contribution in [-0.4, -0.2) is 23.2 Å². The molecular formula is C9H12BrN3O.